The number of nitrogens with zero attached hydrogens (tertiary/aromatic N) is 2. The van der Waals surface area contributed by atoms with Crippen LogP contribution in [0.5, 0.6) is 0 Å². The monoisotopic (exact) mass is 259 g/mol. The van der Waals surface area contributed by atoms with Crippen molar-refractivity contribution in [1.82, 2.24) is 15.1 Å². The molecule has 0 aliphatic rings. The second-order valence-corrected chi connectivity index (χ2v) is 4.23. The molecule has 1 atom stereocenters. The third kappa shape index (κ3) is 3.42. The normalized spacial score (nSPS) is 12.1. The predicted molar refractivity (Wildman–Crippen MR) is 72.0 cm³/mol. The number of esters is 1. The smallest absolute Gasteiger partial charge is 0.319 e. The van der Waals surface area contributed by atoms with Gasteiger partial charge in [-0.05, 0) is 19.1 Å². The van der Waals surface area contributed by atoms with Crippen molar-refractivity contribution in [2.45, 2.75) is 13.0 Å². The molecule has 100 valence electrons. The molecule has 0 aliphatic heterocycles. The summed E-state index contributed by atoms with van der Waals surface area (Å²) in [5.74, 6) is -0.276. The first-order chi connectivity index (χ1) is 9.20. The second-order valence-electron chi connectivity index (χ2n) is 4.23. The summed E-state index contributed by atoms with van der Waals surface area (Å²) in [5, 5.41) is 7.40. The van der Waals surface area contributed by atoms with Gasteiger partial charge in [0.2, 0.25) is 0 Å². The van der Waals surface area contributed by atoms with Crippen molar-refractivity contribution in [3.8, 4) is 5.69 Å². The van der Waals surface area contributed by atoms with Crippen molar-refractivity contribution in [1.29, 1.82) is 0 Å². The van der Waals surface area contributed by atoms with Crippen LogP contribution in [0.15, 0.2) is 42.7 Å². The molecule has 0 aliphatic carbocycles. The van der Waals surface area contributed by atoms with Gasteiger partial charge in [-0.2, -0.15) is 5.10 Å². The van der Waals surface area contributed by atoms with E-state index in [1.165, 1.54) is 7.11 Å². The van der Waals surface area contributed by atoms with Crippen molar-refractivity contribution in [2.24, 2.45) is 0 Å². The first-order valence-electron chi connectivity index (χ1n) is 6.11. The van der Waals surface area contributed by atoms with Crippen molar-refractivity contribution >= 4 is 5.97 Å². The summed E-state index contributed by atoms with van der Waals surface area (Å²) >= 11 is 0. The number of nitrogens with one attached hydrogen (secondary N) is 1. The number of benzene rings is 1. The molecule has 0 spiro atoms. The van der Waals surface area contributed by atoms with Crippen LogP contribution in [0, 0.1) is 0 Å². The summed E-state index contributed by atoms with van der Waals surface area (Å²) in [4.78, 5) is 11.1. The number of hydrogen-bond donors (Lipinski definition) is 1. The Morgan fingerprint density at radius 3 is 2.84 bits per heavy atom. The van der Waals surface area contributed by atoms with Crippen molar-refractivity contribution < 1.29 is 9.53 Å². The van der Waals surface area contributed by atoms with Crippen LogP contribution in [0.1, 0.15) is 18.5 Å². The molecule has 19 heavy (non-hydrogen) atoms. The molecule has 0 saturated carbocycles. The highest BCUT2D eigenvalue weighted by molar-refractivity contribution is 5.71. The van der Waals surface area contributed by atoms with Gasteiger partial charge in [0.15, 0.2) is 0 Å². The van der Waals surface area contributed by atoms with Gasteiger partial charge in [0.05, 0.1) is 25.5 Å². The Labute approximate surface area is 112 Å². The van der Waals surface area contributed by atoms with E-state index in [4.69, 9.17) is 0 Å². The second kappa shape index (κ2) is 6.15. The molecule has 0 saturated heterocycles. The summed E-state index contributed by atoms with van der Waals surface area (Å²) in [7, 11) is 1.38. The third-order valence-corrected chi connectivity index (χ3v) is 2.90. The van der Waals surface area contributed by atoms with Gasteiger partial charge in [-0.15, -0.1) is 0 Å². The van der Waals surface area contributed by atoms with Crippen LogP contribution >= 0.6 is 0 Å². The summed E-state index contributed by atoms with van der Waals surface area (Å²) in [6.07, 6.45) is 3.74. The molecular weight excluding hydrogens is 242 g/mol. The maximum Gasteiger partial charge on any atom is 0.319 e. The minimum atomic E-state index is -0.276. The van der Waals surface area contributed by atoms with Gasteiger partial charge in [-0.25, -0.2) is 4.68 Å². The Bertz CT molecular complexity index is 537. The van der Waals surface area contributed by atoms with Gasteiger partial charge in [0.1, 0.15) is 0 Å². The number of para-hydroxylation sites is 1. The van der Waals surface area contributed by atoms with Crippen LogP contribution in [-0.4, -0.2) is 29.4 Å². The fourth-order valence-electron chi connectivity index (χ4n) is 1.71. The molecule has 2 rings (SSSR count). The van der Waals surface area contributed by atoms with E-state index in [0.717, 1.165) is 11.3 Å². The lowest BCUT2D eigenvalue weighted by Gasteiger charge is -2.10. The number of carbonyl (C=O) groups excluding carboxylic acids is 1. The Hall–Kier alpha value is -2.14. The highest BCUT2D eigenvalue weighted by Crippen LogP contribution is 2.13. The summed E-state index contributed by atoms with van der Waals surface area (Å²) in [5.41, 5.74) is 2.03. The summed E-state index contributed by atoms with van der Waals surface area (Å²) < 4.78 is 6.40. The molecule has 0 fully saturated rings. The molecule has 5 nitrogen and oxygen atoms in total. The number of carbonyl (C=O) groups is 1. The Morgan fingerprint density at radius 1 is 1.42 bits per heavy atom. The number of hydrogen-bond acceptors (Lipinski definition) is 4. The van der Waals surface area contributed by atoms with Crippen LogP contribution < -0.4 is 5.32 Å². The first kappa shape index (κ1) is 13.3. The molecule has 0 amide bonds. The van der Waals surface area contributed by atoms with Crippen LogP contribution in [-0.2, 0) is 9.53 Å². The van der Waals surface area contributed by atoms with E-state index in [-0.39, 0.29) is 18.6 Å². The Kier molecular flexibility index (Phi) is 4.30. The maximum atomic E-state index is 11.1. The molecule has 1 unspecified atom stereocenters. The van der Waals surface area contributed by atoms with Crippen LogP contribution in [0.3, 0.4) is 0 Å². The molecule has 5 heteroatoms. The molecule has 2 aromatic rings. The molecular formula is C14H17N3O2. The fourth-order valence-corrected chi connectivity index (χ4v) is 1.71. The number of rotatable bonds is 5. The lowest BCUT2D eigenvalue weighted by atomic mass is 10.2. The van der Waals surface area contributed by atoms with Gasteiger partial charge in [0.25, 0.3) is 0 Å². The maximum absolute atomic E-state index is 11.1. The quantitative estimate of drug-likeness (QED) is 0.830. The van der Waals surface area contributed by atoms with E-state index in [9.17, 15) is 4.79 Å². The molecule has 0 radical (unpaired) electrons. The molecule has 1 aromatic heterocycles. The SMILES string of the molecule is COC(=O)CNC(C)c1cnn(-c2ccccc2)c1. The van der Waals surface area contributed by atoms with Gasteiger partial charge in [-0.1, -0.05) is 18.2 Å². The van der Waals surface area contributed by atoms with E-state index in [2.05, 4.69) is 15.2 Å². The number of ether oxygens (including phenoxy) is 1. The Morgan fingerprint density at radius 2 is 2.16 bits per heavy atom. The van der Waals surface area contributed by atoms with Gasteiger partial charge in [-0.3, -0.25) is 4.79 Å². The molecule has 0 bridgehead atoms. The Balaban J connectivity index is 2.03. The number of methoxy groups -OCH3 is 1. The van der Waals surface area contributed by atoms with E-state index >= 15 is 0 Å². The summed E-state index contributed by atoms with van der Waals surface area (Å²) in [6.45, 7) is 2.17. The average Bonchev–Trinajstić information content (AvgIpc) is 2.95. The first-order valence-corrected chi connectivity index (χ1v) is 6.11. The van der Waals surface area contributed by atoms with Gasteiger partial charge in [0, 0.05) is 17.8 Å². The van der Waals surface area contributed by atoms with Crippen molar-refractivity contribution in [3.05, 3.63) is 48.3 Å². The zero-order valence-corrected chi connectivity index (χ0v) is 11.0. The van der Waals surface area contributed by atoms with Gasteiger partial charge >= 0.3 is 5.97 Å². The van der Waals surface area contributed by atoms with Crippen LogP contribution in [0.4, 0.5) is 0 Å². The largest absolute Gasteiger partial charge is 0.468 e. The van der Waals surface area contributed by atoms with Gasteiger partial charge < -0.3 is 10.1 Å². The predicted octanol–water partition coefficient (Wildman–Crippen LogP) is 1.70. The summed E-state index contributed by atoms with van der Waals surface area (Å²) in [6, 6.07) is 9.92. The minimum Gasteiger partial charge on any atom is -0.468 e. The van der Waals surface area contributed by atoms with E-state index in [0.29, 0.717) is 0 Å². The van der Waals surface area contributed by atoms with E-state index in [1.807, 2.05) is 48.1 Å². The molecule has 1 heterocycles. The van der Waals surface area contributed by atoms with Crippen molar-refractivity contribution in [3.63, 3.8) is 0 Å². The lowest BCUT2D eigenvalue weighted by molar-refractivity contribution is -0.139. The molecule has 1 aromatic carbocycles. The topological polar surface area (TPSA) is 56.1 Å². The zero-order chi connectivity index (χ0) is 13.7. The molecule has 1 N–H and O–H groups in total. The van der Waals surface area contributed by atoms with Crippen molar-refractivity contribution in [2.75, 3.05) is 13.7 Å². The third-order valence-electron chi connectivity index (χ3n) is 2.90. The lowest BCUT2D eigenvalue weighted by Crippen LogP contribution is -2.26. The fraction of sp³-hybridized carbons (Fsp3) is 0.286. The van der Waals surface area contributed by atoms with Crippen LogP contribution in [0.25, 0.3) is 5.69 Å². The van der Waals surface area contributed by atoms with E-state index in [1.54, 1.807) is 6.20 Å². The highest BCUT2D eigenvalue weighted by atomic mass is 16.5. The number of aromatic nitrogens is 2. The highest BCUT2D eigenvalue weighted by Gasteiger charge is 2.10. The van der Waals surface area contributed by atoms with Crippen LogP contribution in [0.2, 0.25) is 0 Å². The minimum absolute atomic E-state index is 0.0385. The zero-order valence-electron chi connectivity index (χ0n) is 11.0. The standard InChI is InChI=1S/C14H17N3O2/c1-11(15-9-14(18)19-2)12-8-16-17(10-12)13-6-4-3-5-7-13/h3-8,10-11,15H,9H2,1-2H3. The van der Waals surface area contributed by atoms with E-state index < -0.39 is 0 Å². The average molecular weight is 259 g/mol.